The van der Waals surface area contributed by atoms with Crippen molar-refractivity contribution < 1.29 is 4.79 Å². The summed E-state index contributed by atoms with van der Waals surface area (Å²) < 4.78 is 0. The molecule has 5 heteroatoms. The zero-order valence-electron chi connectivity index (χ0n) is 11.8. The van der Waals surface area contributed by atoms with E-state index in [0.29, 0.717) is 5.69 Å². The van der Waals surface area contributed by atoms with E-state index in [0.717, 1.165) is 38.3 Å². The summed E-state index contributed by atoms with van der Waals surface area (Å²) in [4.78, 5) is 24.6. The van der Waals surface area contributed by atoms with Gasteiger partial charge in [0.05, 0.1) is 0 Å². The topological polar surface area (TPSA) is 49.3 Å². The van der Waals surface area contributed by atoms with E-state index in [2.05, 4.69) is 21.8 Å². The molecule has 1 saturated heterocycles. The van der Waals surface area contributed by atoms with Gasteiger partial charge in [0.15, 0.2) is 0 Å². The second kappa shape index (κ2) is 6.50. The molecule has 0 aliphatic carbocycles. The Morgan fingerprint density at radius 3 is 2.79 bits per heavy atom. The van der Waals surface area contributed by atoms with Crippen LogP contribution in [0.2, 0.25) is 0 Å². The predicted molar refractivity (Wildman–Crippen MR) is 75.3 cm³/mol. The molecular weight excluding hydrogens is 240 g/mol. The average Bonchev–Trinajstić information content (AvgIpc) is 2.98. The summed E-state index contributed by atoms with van der Waals surface area (Å²) in [5.41, 5.74) is 0.496. The molecule has 5 nitrogen and oxygen atoms in total. The summed E-state index contributed by atoms with van der Waals surface area (Å²) in [6, 6.07) is 1.82. The quantitative estimate of drug-likeness (QED) is 0.814. The second-order valence-electron chi connectivity index (χ2n) is 5.04. The molecule has 0 atom stereocenters. The maximum Gasteiger partial charge on any atom is 0.272 e. The number of hydrogen-bond acceptors (Lipinski definition) is 4. The molecule has 1 aromatic heterocycles. The Kier molecular flexibility index (Phi) is 4.71. The highest BCUT2D eigenvalue weighted by molar-refractivity contribution is 5.92. The number of amides is 1. The Balaban J connectivity index is 2.07. The van der Waals surface area contributed by atoms with E-state index in [-0.39, 0.29) is 5.91 Å². The average molecular weight is 262 g/mol. The van der Waals surface area contributed by atoms with Crippen LogP contribution >= 0.6 is 0 Å². The van der Waals surface area contributed by atoms with Crippen molar-refractivity contribution in [2.75, 3.05) is 31.6 Å². The minimum atomic E-state index is -0.0173. The van der Waals surface area contributed by atoms with Gasteiger partial charge in [0.25, 0.3) is 5.91 Å². The Labute approximate surface area is 114 Å². The van der Waals surface area contributed by atoms with Gasteiger partial charge in [-0.05, 0) is 19.3 Å². The van der Waals surface area contributed by atoms with Gasteiger partial charge >= 0.3 is 0 Å². The molecule has 1 fully saturated rings. The van der Waals surface area contributed by atoms with E-state index >= 15 is 0 Å². The smallest absolute Gasteiger partial charge is 0.272 e. The van der Waals surface area contributed by atoms with Crippen molar-refractivity contribution in [2.45, 2.75) is 32.6 Å². The molecular formula is C14H22N4O. The lowest BCUT2D eigenvalue weighted by Gasteiger charge is -2.19. The fraction of sp³-hybridized carbons (Fsp3) is 0.643. The molecule has 2 rings (SSSR count). The molecule has 1 aliphatic rings. The van der Waals surface area contributed by atoms with E-state index in [1.54, 1.807) is 4.90 Å². The van der Waals surface area contributed by atoms with Crippen molar-refractivity contribution in [1.82, 2.24) is 14.9 Å². The first-order chi connectivity index (χ1) is 9.22. The maximum absolute atomic E-state index is 12.2. The van der Waals surface area contributed by atoms with Crippen molar-refractivity contribution in [1.29, 1.82) is 0 Å². The van der Waals surface area contributed by atoms with Gasteiger partial charge in [-0.15, -0.1) is 0 Å². The number of unbranched alkanes of at least 4 members (excludes halogenated alkanes) is 1. The largest absolute Gasteiger partial charge is 0.357 e. The number of nitrogens with zero attached hydrogens (tertiary/aromatic N) is 4. The summed E-state index contributed by atoms with van der Waals surface area (Å²) >= 11 is 0. The predicted octanol–water partition coefficient (Wildman–Crippen LogP) is 1.95. The molecule has 0 saturated carbocycles. The molecule has 2 heterocycles. The van der Waals surface area contributed by atoms with Crippen molar-refractivity contribution in [2.24, 2.45) is 0 Å². The van der Waals surface area contributed by atoms with Crippen molar-refractivity contribution in [3.63, 3.8) is 0 Å². The van der Waals surface area contributed by atoms with Crippen LogP contribution < -0.4 is 4.90 Å². The first-order valence-corrected chi connectivity index (χ1v) is 7.05. The standard InChI is InChI=1S/C14H22N4O/c1-3-4-7-17(2)14(19)12-10-13(16-11-15-12)18-8-5-6-9-18/h10-11H,3-9H2,1-2H3. The monoisotopic (exact) mass is 262 g/mol. The van der Waals surface area contributed by atoms with Crippen LogP contribution in [0.15, 0.2) is 12.4 Å². The lowest BCUT2D eigenvalue weighted by atomic mass is 10.3. The lowest BCUT2D eigenvalue weighted by Crippen LogP contribution is -2.29. The van der Waals surface area contributed by atoms with Gasteiger partial charge in [0.2, 0.25) is 0 Å². The second-order valence-corrected chi connectivity index (χ2v) is 5.04. The van der Waals surface area contributed by atoms with E-state index in [1.165, 1.54) is 19.2 Å². The van der Waals surface area contributed by atoms with E-state index in [4.69, 9.17) is 0 Å². The zero-order chi connectivity index (χ0) is 13.7. The van der Waals surface area contributed by atoms with E-state index < -0.39 is 0 Å². The molecule has 1 aliphatic heterocycles. The summed E-state index contributed by atoms with van der Waals surface area (Å²) in [6.45, 7) is 4.94. The van der Waals surface area contributed by atoms with Crippen LogP contribution in [0.1, 0.15) is 43.1 Å². The molecule has 0 bridgehead atoms. The van der Waals surface area contributed by atoms with Gasteiger partial charge in [-0.2, -0.15) is 0 Å². The number of carbonyl (C=O) groups excluding carboxylic acids is 1. The van der Waals surface area contributed by atoms with Gasteiger partial charge in [-0.1, -0.05) is 13.3 Å². The van der Waals surface area contributed by atoms with Crippen LogP contribution in [-0.2, 0) is 0 Å². The van der Waals surface area contributed by atoms with Crippen LogP contribution in [0.4, 0.5) is 5.82 Å². The Morgan fingerprint density at radius 2 is 2.11 bits per heavy atom. The Hall–Kier alpha value is -1.65. The first-order valence-electron chi connectivity index (χ1n) is 7.05. The molecule has 1 amide bonds. The van der Waals surface area contributed by atoms with Gasteiger partial charge in [-0.25, -0.2) is 9.97 Å². The normalized spacial score (nSPS) is 14.7. The summed E-state index contributed by atoms with van der Waals surface area (Å²) in [5.74, 6) is 0.857. The van der Waals surface area contributed by atoms with E-state index in [1.807, 2.05) is 13.1 Å². The van der Waals surface area contributed by atoms with Crippen LogP contribution in [0.5, 0.6) is 0 Å². The number of hydrogen-bond donors (Lipinski definition) is 0. The number of rotatable bonds is 5. The molecule has 0 radical (unpaired) electrons. The highest BCUT2D eigenvalue weighted by Crippen LogP contribution is 2.18. The van der Waals surface area contributed by atoms with Crippen LogP contribution in [0.3, 0.4) is 0 Å². The summed E-state index contributed by atoms with van der Waals surface area (Å²) in [7, 11) is 1.83. The third-order valence-electron chi connectivity index (χ3n) is 3.50. The maximum atomic E-state index is 12.2. The molecule has 0 aromatic carbocycles. The third-order valence-corrected chi connectivity index (χ3v) is 3.50. The zero-order valence-corrected chi connectivity index (χ0v) is 11.8. The summed E-state index contributed by atoms with van der Waals surface area (Å²) in [5, 5.41) is 0. The first kappa shape index (κ1) is 13.8. The van der Waals surface area contributed by atoms with Crippen molar-refractivity contribution in [3.05, 3.63) is 18.1 Å². The number of anilines is 1. The molecule has 0 unspecified atom stereocenters. The Morgan fingerprint density at radius 1 is 1.37 bits per heavy atom. The van der Waals surface area contributed by atoms with Crippen LogP contribution in [0, 0.1) is 0 Å². The molecule has 19 heavy (non-hydrogen) atoms. The number of carbonyl (C=O) groups is 1. The molecule has 104 valence electrons. The van der Waals surface area contributed by atoms with Crippen LogP contribution in [0.25, 0.3) is 0 Å². The third kappa shape index (κ3) is 3.43. The minimum absolute atomic E-state index is 0.0173. The van der Waals surface area contributed by atoms with Gasteiger partial charge in [-0.3, -0.25) is 4.79 Å². The van der Waals surface area contributed by atoms with Gasteiger partial charge in [0, 0.05) is 32.7 Å². The number of aromatic nitrogens is 2. The van der Waals surface area contributed by atoms with Crippen molar-refractivity contribution >= 4 is 11.7 Å². The molecule has 1 aromatic rings. The Bertz CT molecular complexity index is 429. The summed E-state index contributed by atoms with van der Waals surface area (Å²) in [6.07, 6.45) is 5.99. The fourth-order valence-corrected chi connectivity index (χ4v) is 2.28. The molecule has 0 spiro atoms. The van der Waals surface area contributed by atoms with Gasteiger partial charge in [0.1, 0.15) is 17.8 Å². The lowest BCUT2D eigenvalue weighted by molar-refractivity contribution is 0.0787. The molecule has 0 N–H and O–H groups in total. The SMILES string of the molecule is CCCCN(C)C(=O)c1cc(N2CCCC2)ncn1. The minimum Gasteiger partial charge on any atom is -0.357 e. The highest BCUT2D eigenvalue weighted by Gasteiger charge is 2.17. The van der Waals surface area contributed by atoms with Crippen molar-refractivity contribution in [3.8, 4) is 0 Å². The fourth-order valence-electron chi connectivity index (χ4n) is 2.28. The van der Waals surface area contributed by atoms with Gasteiger partial charge < -0.3 is 9.80 Å². The van der Waals surface area contributed by atoms with Crippen LogP contribution in [-0.4, -0.2) is 47.5 Å². The highest BCUT2D eigenvalue weighted by atomic mass is 16.2. The van der Waals surface area contributed by atoms with E-state index in [9.17, 15) is 4.79 Å².